The predicted octanol–water partition coefficient (Wildman–Crippen LogP) is 5.05. The van der Waals surface area contributed by atoms with Crippen molar-refractivity contribution in [1.82, 2.24) is 10.3 Å². The maximum Gasteiger partial charge on any atom is 0.324 e. The molecule has 0 bridgehead atoms. The molecular weight excluding hydrogens is 449 g/mol. The van der Waals surface area contributed by atoms with Gasteiger partial charge in [0.1, 0.15) is 23.2 Å². The molecule has 0 radical (unpaired) electrons. The fourth-order valence-corrected chi connectivity index (χ4v) is 3.22. The van der Waals surface area contributed by atoms with Crippen molar-refractivity contribution in [2.75, 3.05) is 18.5 Å². The lowest BCUT2D eigenvalue weighted by atomic mass is 9.85. The number of benzene rings is 2. The number of nitrogens with one attached hydrogen (secondary N) is 2. The molecule has 0 atom stereocenters. The van der Waals surface area contributed by atoms with Gasteiger partial charge >= 0.3 is 6.03 Å². The van der Waals surface area contributed by atoms with Crippen molar-refractivity contribution in [3.63, 3.8) is 0 Å². The summed E-state index contributed by atoms with van der Waals surface area (Å²) in [5, 5.41) is 5.16. The summed E-state index contributed by atoms with van der Waals surface area (Å²) >= 11 is 0. The lowest BCUT2D eigenvalue weighted by molar-refractivity contribution is -0.0784. The van der Waals surface area contributed by atoms with Gasteiger partial charge in [-0.25, -0.2) is 14.2 Å². The zero-order chi connectivity index (χ0) is 24.8. The van der Waals surface area contributed by atoms with Gasteiger partial charge in [0, 0.05) is 30.2 Å². The molecule has 0 aliphatic carbocycles. The number of aromatic nitrogens is 1. The van der Waals surface area contributed by atoms with Crippen LogP contribution in [0.15, 0.2) is 83.8 Å². The van der Waals surface area contributed by atoms with Gasteiger partial charge in [0.2, 0.25) is 0 Å². The second kappa shape index (κ2) is 10.4. The quantitative estimate of drug-likeness (QED) is 0.341. The number of halogens is 1. The minimum absolute atomic E-state index is 0.0180. The summed E-state index contributed by atoms with van der Waals surface area (Å²) in [7, 11) is 0. The third-order valence-electron chi connectivity index (χ3n) is 5.43. The van der Waals surface area contributed by atoms with Crippen molar-refractivity contribution in [2.24, 2.45) is 16.1 Å². The molecule has 3 aromatic rings. The molecule has 35 heavy (non-hydrogen) atoms. The number of amides is 2. The van der Waals surface area contributed by atoms with Crippen LogP contribution in [0.5, 0.6) is 11.5 Å². The van der Waals surface area contributed by atoms with Gasteiger partial charge in [-0.2, -0.15) is 0 Å². The Balaban J connectivity index is 1.49. The molecule has 4 rings (SSSR count). The Bertz CT molecular complexity index is 1260. The predicted molar refractivity (Wildman–Crippen MR) is 132 cm³/mol. The van der Waals surface area contributed by atoms with E-state index in [4.69, 9.17) is 15.2 Å². The molecular formula is C26H26FN5O3. The van der Waals surface area contributed by atoms with Crippen LogP contribution in [-0.4, -0.2) is 30.1 Å². The van der Waals surface area contributed by atoms with Gasteiger partial charge < -0.3 is 20.5 Å². The van der Waals surface area contributed by atoms with E-state index in [2.05, 4.69) is 20.6 Å². The topological polar surface area (TPSA) is 111 Å². The van der Waals surface area contributed by atoms with Crippen LogP contribution in [0.4, 0.5) is 20.6 Å². The standard InChI is InChI=1S/C26H26FN5O3/c1-17-3-5-18(6-4-17)30-24(14-23(28)26(2)15-34-16-26)32-25(33)31-22-8-7-20(13-21(22)27)35-19-9-11-29-12-10-19/h3-14H,15-16,28H2,1-2H3,(H2,30,31,32,33). The van der Waals surface area contributed by atoms with E-state index < -0.39 is 11.8 Å². The number of nitrogens with two attached hydrogens (primary N) is 1. The second-order valence-electron chi connectivity index (χ2n) is 8.49. The summed E-state index contributed by atoms with van der Waals surface area (Å²) < 4.78 is 25.5. The smallest absolute Gasteiger partial charge is 0.324 e. The molecule has 9 heteroatoms. The summed E-state index contributed by atoms with van der Waals surface area (Å²) in [6, 6.07) is 14.3. The van der Waals surface area contributed by atoms with Crippen molar-refractivity contribution < 1.29 is 18.7 Å². The van der Waals surface area contributed by atoms with Crippen molar-refractivity contribution in [2.45, 2.75) is 13.8 Å². The van der Waals surface area contributed by atoms with Crippen molar-refractivity contribution in [1.29, 1.82) is 0 Å². The van der Waals surface area contributed by atoms with Gasteiger partial charge in [0.15, 0.2) is 0 Å². The van der Waals surface area contributed by atoms with Gasteiger partial charge in [0.25, 0.3) is 0 Å². The van der Waals surface area contributed by atoms with Crippen LogP contribution < -0.4 is 21.1 Å². The first-order chi connectivity index (χ1) is 16.8. The number of aryl methyl sites for hydroxylation is 1. The van der Waals surface area contributed by atoms with Crippen LogP contribution in [0.1, 0.15) is 12.5 Å². The van der Waals surface area contributed by atoms with E-state index in [-0.39, 0.29) is 22.7 Å². The highest BCUT2D eigenvalue weighted by molar-refractivity contribution is 6.08. The van der Waals surface area contributed by atoms with Crippen molar-refractivity contribution in [3.05, 3.63) is 90.1 Å². The number of rotatable bonds is 6. The summed E-state index contributed by atoms with van der Waals surface area (Å²) in [4.78, 5) is 21.1. The van der Waals surface area contributed by atoms with Crippen LogP contribution >= 0.6 is 0 Å². The molecule has 180 valence electrons. The molecule has 1 aromatic heterocycles. The fourth-order valence-electron chi connectivity index (χ4n) is 3.22. The lowest BCUT2D eigenvalue weighted by Gasteiger charge is -2.38. The van der Waals surface area contributed by atoms with E-state index in [1.165, 1.54) is 12.1 Å². The molecule has 1 saturated heterocycles. The minimum Gasteiger partial charge on any atom is -0.457 e. The largest absolute Gasteiger partial charge is 0.457 e. The second-order valence-corrected chi connectivity index (χ2v) is 8.49. The van der Waals surface area contributed by atoms with Crippen LogP contribution in [0.2, 0.25) is 0 Å². The van der Waals surface area contributed by atoms with E-state index in [1.807, 2.05) is 38.1 Å². The highest BCUT2D eigenvalue weighted by atomic mass is 19.1. The molecule has 2 heterocycles. The van der Waals surface area contributed by atoms with Gasteiger partial charge in [-0.3, -0.25) is 10.3 Å². The summed E-state index contributed by atoms with van der Waals surface area (Å²) in [5.74, 6) is 0.366. The van der Waals surface area contributed by atoms with Crippen molar-refractivity contribution >= 4 is 23.2 Å². The Kier molecular flexibility index (Phi) is 7.07. The SMILES string of the molecule is Cc1ccc(N=C(C=C(N)C2(C)COC2)NC(=O)Nc2ccc(Oc3ccncc3)cc2F)cc1. The van der Waals surface area contributed by atoms with Crippen LogP contribution in [-0.2, 0) is 4.74 Å². The molecule has 2 amide bonds. The van der Waals surface area contributed by atoms with Crippen LogP contribution in [0.25, 0.3) is 0 Å². The number of carbonyl (C=O) groups is 1. The Hall–Kier alpha value is -4.24. The Morgan fingerprint density at radius 3 is 2.49 bits per heavy atom. The summed E-state index contributed by atoms with van der Waals surface area (Å²) in [6.45, 7) is 4.91. The number of nitrogens with zero attached hydrogens (tertiary/aromatic N) is 2. The number of anilines is 1. The number of amidine groups is 1. The highest BCUT2D eigenvalue weighted by Gasteiger charge is 2.36. The Labute approximate surface area is 202 Å². The lowest BCUT2D eigenvalue weighted by Crippen LogP contribution is -2.45. The zero-order valence-corrected chi connectivity index (χ0v) is 19.4. The highest BCUT2D eigenvalue weighted by Crippen LogP contribution is 2.32. The molecule has 1 aliphatic heterocycles. The van der Waals surface area contributed by atoms with Gasteiger partial charge in [-0.05, 0) is 50.2 Å². The van der Waals surface area contributed by atoms with E-state index in [9.17, 15) is 9.18 Å². The van der Waals surface area contributed by atoms with Crippen molar-refractivity contribution in [3.8, 4) is 11.5 Å². The van der Waals surface area contributed by atoms with E-state index in [1.54, 1.807) is 36.7 Å². The van der Waals surface area contributed by atoms with Gasteiger partial charge in [0.05, 0.1) is 30.0 Å². The maximum absolute atomic E-state index is 14.6. The number of urea groups is 1. The van der Waals surface area contributed by atoms with Gasteiger partial charge in [-0.15, -0.1) is 0 Å². The van der Waals surface area contributed by atoms with E-state index in [0.717, 1.165) is 5.56 Å². The van der Waals surface area contributed by atoms with E-state index >= 15 is 0 Å². The number of hydrogen-bond acceptors (Lipinski definition) is 6. The number of ether oxygens (including phenoxy) is 2. The third-order valence-corrected chi connectivity index (χ3v) is 5.43. The first-order valence-electron chi connectivity index (χ1n) is 11.0. The van der Waals surface area contributed by atoms with Crippen LogP contribution in [0.3, 0.4) is 0 Å². The Morgan fingerprint density at radius 1 is 1.14 bits per heavy atom. The maximum atomic E-state index is 14.6. The van der Waals surface area contributed by atoms with Crippen LogP contribution in [0, 0.1) is 18.2 Å². The molecule has 0 spiro atoms. The normalized spacial score (nSPS) is 15.2. The fraction of sp³-hybridized carbons (Fsp3) is 0.192. The number of aliphatic imine (C=N–C) groups is 1. The third kappa shape index (κ3) is 6.21. The first kappa shape index (κ1) is 23.9. The van der Waals surface area contributed by atoms with Gasteiger partial charge in [-0.1, -0.05) is 17.7 Å². The molecule has 8 nitrogen and oxygen atoms in total. The molecule has 2 aromatic carbocycles. The summed E-state index contributed by atoms with van der Waals surface area (Å²) in [6.07, 6.45) is 4.74. The number of carbonyl (C=O) groups excluding carboxylic acids is 1. The number of pyridine rings is 1. The molecule has 1 aliphatic rings. The zero-order valence-electron chi connectivity index (χ0n) is 19.4. The minimum atomic E-state index is -0.670. The average molecular weight is 476 g/mol. The monoisotopic (exact) mass is 475 g/mol. The first-order valence-corrected chi connectivity index (χ1v) is 11.0. The average Bonchev–Trinajstić information content (AvgIpc) is 2.81. The van der Waals surface area contributed by atoms with E-state index in [0.29, 0.717) is 30.3 Å². The molecule has 0 saturated carbocycles. The number of hydrogen-bond donors (Lipinski definition) is 3. The summed E-state index contributed by atoms with van der Waals surface area (Å²) in [5.41, 5.74) is 8.17. The Morgan fingerprint density at radius 2 is 1.86 bits per heavy atom. The molecule has 1 fully saturated rings. The molecule has 0 unspecified atom stereocenters. The molecule has 4 N–H and O–H groups in total.